The Morgan fingerprint density at radius 1 is 1.11 bits per heavy atom. The molecule has 1 saturated carbocycles. The quantitative estimate of drug-likeness (QED) is 0.398. The first-order valence-electron chi connectivity index (χ1n) is 12.6. The molecule has 2 fully saturated rings. The van der Waals surface area contributed by atoms with E-state index in [-0.39, 0.29) is 23.7 Å². The monoisotopic (exact) mass is 477 g/mol. The molecule has 1 aromatic heterocycles. The van der Waals surface area contributed by atoms with Crippen molar-refractivity contribution in [2.45, 2.75) is 58.1 Å². The van der Waals surface area contributed by atoms with Gasteiger partial charge in [-0.1, -0.05) is 31.5 Å². The summed E-state index contributed by atoms with van der Waals surface area (Å²) in [6.07, 6.45) is 5.76. The number of rotatable bonds is 9. The van der Waals surface area contributed by atoms with E-state index in [4.69, 9.17) is 14.6 Å². The number of nitrogens with zero attached hydrogens (tertiary/aromatic N) is 3. The van der Waals surface area contributed by atoms with Gasteiger partial charge in [0, 0.05) is 19.1 Å². The Kier molecular flexibility index (Phi) is 7.13. The molecule has 2 aromatic carbocycles. The molecule has 7 heteroatoms. The molecule has 6 nitrogen and oxygen atoms in total. The van der Waals surface area contributed by atoms with Crippen LogP contribution in [0.4, 0.5) is 4.39 Å². The molecule has 35 heavy (non-hydrogen) atoms. The molecule has 2 heterocycles. The van der Waals surface area contributed by atoms with Gasteiger partial charge in [0.15, 0.2) is 0 Å². The molecule has 0 bridgehead atoms. The Morgan fingerprint density at radius 2 is 1.89 bits per heavy atom. The molecule has 0 unspecified atom stereocenters. The minimum Gasteiger partial charge on any atom is -0.439 e. The molecule has 0 spiro atoms. The van der Waals surface area contributed by atoms with E-state index < -0.39 is 0 Å². The van der Waals surface area contributed by atoms with Gasteiger partial charge in [0.2, 0.25) is 11.8 Å². The normalized spacial score (nSPS) is 17.8. The van der Waals surface area contributed by atoms with Gasteiger partial charge in [-0.05, 0) is 68.5 Å². The predicted octanol–water partition coefficient (Wildman–Crippen LogP) is 5.67. The SMILES string of the molecule is CCc1nn(-c2ccccc2)c(Oc2ccc(F)cc2)c1CN(C[C@H]1CCCO1)C(=O)C1CCC1. The lowest BCUT2D eigenvalue weighted by atomic mass is 9.84. The van der Waals surface area contributed by atoms with Crippen molar-refractivity contribution in [3.63, 3.8) is 0 Å². The number of ether oxygens (including phenoxy) is 2. The number of para-hydroxylation sites is 1. The van der Waals surface area contributed by atoms with Gasteiger partial charge in [0.05, 0.1) is 29.6 Å². The number of halogens is 1. The lowest BCUT2D eigenvalue weighted by Crippen LogP contribution is -2.42. The predicted molar refractivity (Wildman–Crippen MR) is 131 cm³/mol. The van der Waals surface area contributed by atoms with Crippen molar-refractivity contribution in [2.24, 2.45) is 5.92 Å². The van der Waals surface area contributed by atoms with Crippen molar-refractivity contribution in [2.75, 3.05) is 13.2 Å². The Hall–Kier alpha value is -3.19. The maximum absolute atomic E-state index is 13.5. The van der Waals surface area contributed by atoms with Crippen LogP contribution in [0, 0.1) is 11.7 Å². The first kappa shape index (κ1) is 23.5. The number of carbonyl (C=O) groups is 1. The molecule has 1 atom stereocenters. The number of hydrogen-bond acceptors (Lipinski definition) is 4. The van der Waals surface area contributed by atoms with E-state index in [1.165, 1.54) is 12.1 Å². The molecule has 184 valence electrons. The molecule has 3 aromatic rings. The van der Waals surface area contributed by atoms with E-state index in [1.807, 2.05) is 35.2 Å². The summed E-state index contributed by atoms with van der Waals surface area (Å²) in [7, 11) is 0. The highest BCUT2D eigenvalue weighted by molar-refractivity contribution is 5.79. The van der Waals surface area contributed by atoms with E-state index in [2.05, 4.69) is 6.92 Å². The summed E-state index contributed by atoms with van der Waals surface area (Å²) in [6.45, 7) is 3.79. The third kappa shape index (κ3) is 5.25. The maximum atomic E-state index is 13.5. The maximum Gasteiger partial charge on any atom is 0.227 e. The minimum atomic E-state index is -0.322. The topological polar surface area (TPSA) is 56.6 Å². The van der Waals surface area contributed by atoms with Crippen LogP contribution in [0.2, 0.25) is 0 Å². The van der Waals surface area contributed by atoms with Crippen molar-refractivity contribution in [1.29, 1.82) is 0 Å². The summed E-state index contributed by atoms with van der Waals surface area (Å²) in [4.78, 5) is 15.4. The van der Waals surface area contributed by atoms with Crippen molar-refractivity contribution in [1.82, 2.24) is 14.7 Å². The van der Waals surface area contributed by atoms with E-state index in [0.717, 1.165) is 55.7 Å². The van der Waals surface area contributed by atoms with Crippen molar-refractivity contribution < 1.29 is 18.7 Å². The van der Waals surface area contributed by atoms with E-state index in [0.29, 0.717) is 31.1 Å². The Labute approximate surface area is 205 Å². The summed E-state index contributed by atoms with van der Waals surface area (Å²) in [5, 5.41) is 4.88. The third-order valence-electron chi connectivity index (χ3n) is 6.95. The largest absolute Gasteiger partial charge is 0.439 e. The standard InChI is InChI=1S/C28H32FN3O3/c1-2-26-25(19-31(18-24-12-7-17-34-24)27(33)20-8-6-9-20)28(35-23-15-13-21(29)14-16-23)32(30-26)22-10-4-3-5-11-22/h3-5,10-11,13-16,20,24H,2,6-9,12,17-19H2,1H3/t24-/m1/s1. The molecule has 1 amide bonds. The number of aryl methyl sites for hydroxylation is 1. The summed E-state index contributed by atoms with van der Waals surface area (Å²) >= 11 is 0. The first-order valence-corrected chi connectivity index (χ1v) is 12.6. The van der Waals surface area contributed by atoms with Gasteiger partial charge in [0.1, 0.15) is 11.6 Å². The lowest BCUT2D eigenvalue weighted by Gasteiger charge is -2.33. The molecule has 1 saturated heterocycles. The van der Waals surface area contributed by atoms with Gasteiger partial charge in [-0.25, -0.2) is 9.07 Å². The van der Waals surface area contributed by atoms with Crippen LogP contribution < -0.4 is 4.74 Å². The highest BCUT2D eigenvalue weighted by atomic mass is 19.1. The average Bonchev–Trinajstić information content (AvgIpc) is 3.47. The fourth-order valence-corrected chi connectivity index (χ4v) is 4.75. The van der Waals surface area contributed by atoms with Crippen LogP contribution in [-0.4, -0.2) is 39.8 Å². The number of amides is 1. The third-order valence-corrected chi connectivity index (χ3v) is 6.95. The fraction of sp³-hybridized carbons (Fsp3) is 0.429. The summed E-state index contributed by atoms with van der Waals surface area (Å²) < 4.78 is 27.6. The van der Waals surface area contributed by atoms with Crippen LogP contribution in [0.1, 0.15) is 50.3 Å². The summed E-state index contributed by atoms with van der Waals surface area (Å²) in [5.41, 5.74) is 2.62. The van der Waals surface area contributed by atoms with Crippen molar-refractivity contribution >= 4 is 5.91 Å². The molecule has 5 rings (SSSR count). The Bertz CT molecular complexity index is 1140. The van der Waals surface area contributed by atoms with Crippen molar-refractivity contribution in [3.05, 3.63) is 71.7 Å². The van der Waals surface area contributed by atoms with Crippen LogP contribution in [0.15, 0.2) is 54.6 Å². The molecule has 1 aliphatic heterocycles. The second-order valence-corrected chi connectivity index (χ2v) is 9.37. The van der Waals surface area contributed by atoms with Crippen LogP contribution in [-0.2, 0) is 22.5 Å². The number of carbonyl (C=O) groups excluding carboxylic acids is 1. The Morgan fingerprint density at radius 3 is 2.51 bits per heavy atom. The molecule has 0 radical (unpaired) electrons. The van der Waals surface area contributed by atoms with E-state index in [9.17, 15) is 9.18 Å². The van der Waals surface area contributed by atoms with Crippen molar-refractivity contribution in [3.8, 4) is 17.3 Å². The minimum absolute atomic E-state index is 0.0646. The fourth-order valence-electron chi connectivity index (χ4n) is 4.75. The Balaban J connectivity index is 1.53. The molecule has 2 aliphatic rings. The van der Waals surface area contributed by atoms with Crippen LogP contribution in [0.3, 0.4) is 0 Å². The number of hydrogen-bond donors (Lipinski definition) is 0. The van der Waals surface area contributed by atoms with Gasteiger partial charge < -0.3 is 14.4 Å². The van der Waals surface area contributed by atoms with Gasteiger partial charge in [-0.2, -0.15) is 5.10 Å². The zero-order valence-corrected chi connectivity index (χ0v) is 20.2. The average molecular weight is 478 g/mol. The van der Waals surface area contributed by atoms with Gasteiger partial charge in [0.25, 0.3) is 0 Å². The lowest BCUT2D eigenvalue weighted by molar-refractivity contribution is -0.140. The zero-order valence-electron chi connectivity index (χ0n) is 20.2. The van der Waals surface area contributed by atoms with Gasteiger partial charge in [-0.15, -0.1) is 0 Å². The van der Waals surface area contributed by atoms with E-state index in [1.54, 1.807) is 16.8 Å². The highest BCUT2D eigenvalue weighted by Crippen LogP contribution is 2.35. The second kappa shape index (κ2) is 10.6. The van der Waals surface area contributed by atoms with Gasteiger partial charge >= 0.3 is 0 Å². The van der Waals surface area contributed by atoms with Crippen LogP contribution in [0.25, 0.3) is 5.69 Å². The molecular formula is C28H32FN3O3. The highest BCUT2D eigenvalue weighted by Gasteiger charge is 2.33. The first-order chi connectivity index (χ1) is 17.1. The van der Waals surface area contributed by atoms with Crippen LogP contribution in [0.5, 0.6) is 11.6 Å². The molecule has 1 aliphatic carbocycles. The van der Waals surface area contributed by atoms with E-state index >= 15 is 0 Å². The van der Waals surface area contributed by atoms with Crippen LogP contribution >= 0.6 is 0 Å². The number of benzene rings is 2. The second-order valence-electron chi connectivity index (χ2n) is 9.37. The van der Waals surface area contributed by atoms with Gasteiger partial charge in [-0.3, -0.25) is 4.79 Å². The summed E-state index contributed by atoms with van der Waals surface area (Å²) in [5.74, 6) is 1.03. The number of aromatic nitrogens is 2. The summed E-state index contributed by atoms with van der Waals surface area (Å²) in [6, 6.07) is 15.8. The molecular weight excluding hydrogens is 445 g/mol. The smallest absolute Gasteiger partial charge is 0.227 e. The zero-order chi connectivity index (χ0) is 24.2. The molecule has 0 N–H and O–H groups in total.